The van der Waals surface area contributed by atoms with E-state index in [9.17, 15) is 0 Å². The van der Waals surface area contributed by atoms with Crippen LogP contribution in [-0.2, 0) is 6.54 Å². The zero-order valence-corrected chi connectivity index (χ0v) is 7.47. The number of aryl methyl sites for hydroxylation is 1. The summed E-state index contributed by atoms with van der Waals surface area (Å²) in [7, 11) is 0. The molecule has 10 heavy (non-hydrogen) atoms. The Morgan fingerprint density at radius 2 is 2.50 bits per heavy atom. The lowest BCUT2D eigenvalue weighted by atomic mass is 10.7. The van der Waals surface area contributed by atoms with Crippen molar-refractivity contribution in [1.82, 2.24) is 9.55 Å². The third kappa shape index (κ3) is 1.26. The Kier molecular flexibility index (Phi) is 2.50. The van der Waals surface area contributed by atoms with Crippen molar-refractivity contribution in [2.75, 3.05) is 5.75 Å². The summed E-state index contributed by atoms with van der Waals surface area (Å²) in [6.45, 7) is 1.06. The molecule has 56 valence electrons. The van der Waals surface area contributed by atoms with Crippen molar-refractivity contribution in [1.29, 1.82) is 0 Å². The van der Waals surface area contributed by atoms with Crippen molar-refractivity contribution < 1.29 is 0 Å². The average Bonchev–Trinajstić information content (AvgIpc) is 2.22. The fraction of sp³-hybridized carbons (Fsp3) is 0.400. The van der Waals surface area contributed by atoms with Crippen LogP contribution in [0.5, 0.6) is 0 Å². The monoisotopic (exact) mass is 196 g/mol. The highest BCUT2D eigenvalue weighted by molar-refractivity contribution is 7.99. The lowest BCUT2D eigenvalue weighted by molar-refractivity contribution is 0.719. The highest BCUT2D eigenvalue weighted by Crippen LogP contribution is 2.25. The van der Waals surface area contributed by atoms with Crippen LogP contribution < -0.4 is 0 Å². The normalized spacial score (nSPS) is 14.5. The number of halogens is 2. The first-order valence-corrected chi connectivity index (χ1v) is 4.08. The summed E-state index contributed by atoms with van der Waals surface area (Å²) in [4.78, 5) is 4.08. The topological polar surface area (TPSA) is 17.8 Å². The fourth-order valence-electron chi connectivity index (χ4n) is 0.879. The van der Waals surface area contributed by atoms with Crippen molar-refractivity contribution in [2.24, 2.45) is 0 Å². The summed E-state index contributed by atoms with van der Waals surface area (Å²) in [6.07, 6.45) is 1.87. The first kappa shape index (κ1) is 8.24. The largest absolute Gasteiger partial charge is 0.324 e. The van der Waals surface area contributed by atoms with E-state index in [1.54, 1.807) is 11.8 Å². The first-order chi connectivity index (χ1) is 4.36. The van der Waals surface area contributed by atoms with Crippen LogP contribution in [0.15, 0.2) is 11.4 Å². The standard InChI is InChI=1S/C5H5ClN2S.ClH/c6-4-3-8-1-2-9-5(8)7-4;/h3H,1-2H2;1H. The maximum absolute atomic E-state index is 5.63. The molecule has 1 aromatic heterocycles. The third-order valence-corrected chi connectivity index (χ3v) is 2.43. The Labute approximate surface area is 74.4 Å². The van der Waals surface area contributed by atoms with E-state index >= 15 is 0 Å². The summed E-state index contributed by atoms with van der Waals surface area (Å²) in [5, 5.41) is 1.66. The molecule has 1 aliphatic rings. The minimum Gasteiger partial charge on any atom is -0.324 e. The Balaban J connectivity index is 0.000000500. The molecule has 0 atom stereocenters. The van der Waals surface area contributed by atoms with Crippen LogP contribution in [-0.4, -0.2) is 15.3 Å². The van der Waals surface area contributed by atoms with Gasteiger partial charge in [0.1, 0.15) is 5.15 Å². The maximum atomic E-state index is 5.63. The van der Waals surface area contributed by atoms with Gasteiger partial charge in [0.25, 0.3) is 0 Å². The van der Waals surface area contributed by atoms with E-state index in [4.69, 9.17) is 11.6 Å². The first-order valence-electron chi connectivity index (χ1n) is 2.72. The lowest BCUT2D eigenvalue weighted by Crippen LogP contribution is -1.88. The van der Waals surface area contributed by atoms with Crippen molar-refractivity contribution in [2.45, 2.75) is 11.7 Å². The molecule has 5 heteroatoms. The van der Waals surface area contributed by atoms with Crippen LogP contribution in [0.2, 0.25) is 5.15 Å². The Morgan fingerprint density at radius 1 is 1.70 bits per heavy atom. The molecule has 0 spiro atoms. The predicted molar refractivity (Wildman–Crippen MR) is 45.2 cm³/mol. The van der Waals surface area contributed by atoms with Gasteiger partial charge in [-0.25, -0.2) is 4.98 Å². The highest BCUT2D eigenvalue weighted by Gasteiger charge is 2.12. The average molecular weight is 197 g/mol. The molecule has 0 bridgehead atoms. The van der Waals surface area contributed by atoms with Crippen molar-refractivity contribution in [3.8, 4) is 0 Å². The molecular weight excluding hydrogens is 191 g/mol. The minimum absolute atomic E-state index is 0. The molecule has 0 radical (unpaired) electrons. The van der Waals surface area contributed by atoms with E-state index in [1.807, 2.05) is 6.20 Å². The second-order valence-corrected chi connectivity index (χ2v) is 3.34. The van der Waals surface area contributed by atoms with Gasteiger partial charge in [-0.1, -0.05) is 23.4 Å². The van der Waals surface area contributed by atoms with Gasteiger partial charge in [0, 0.05) is 18.5 Å². The zero-order chi connectivity index (χ0) is 6.27. The molecule has 0 saturated carbocycles. The van der Waals surface area contributed by atoms with Crippen LogP contribution in [0.25, 0.3) is 0 Å². The third-order valence-electron chi connectivity index (χ3n) is 1.27. The molecule has 2 nitrogen and oxygen atoms in total. The summed E-state index contributed by atoms with van der Waals surface area (Å²) >= 11 is 7.39. The van der Waals surface area contributed by atoms with Gasteiger partial charge in [0.2, 0.25) is 0 Å². The van der Waals surface area contributed by atoms with Crippen LogP contribution in [0, 0.1) is 0 Å². The number of thioether (sulfide) groups is 1. The Bertz CT molecular complexity index is 214. The molecule has 1 aliphatic heterocycles. The summed E-state index contributed by atoms with van der Waals surface area (Å²) in [5.74, 6) is 1.14. The smallest absolute Gasteiger partial charge is 0.169 e. The Morgan fingerprint density at radius 3 is 3.20 bits per heavy atom. The van der Waals surface area contributed by atoms with Gasteiger partial charge in [0.15, 0.2) is 5.16 Å². The van der Waals surface area contributed by atoms with Crippen LogP contribution in [0.3, 0.4) is 0 Å². The number of fused-ring (bicyclic) bond motifs is 1. The van der Waals surface area contributed by atoms with Gasteiger partial charge >= 0.3 is 0 Å². The second kappa shape index (κ2) is 3.03. The molecular formula is C5H6Cl2N2S. The van der Waals surface area contributed by atoms with Crippen molar-refractivity contribution in [3.63, 3.8) is 0 Å². The zero-order valence-electron chi connectivity index (χ0n) is 5.08. The summed E-state index contributed by atoms with van der Waals surface area (Å²) in [5.41, 5.74) is 0. The van der Waals surface area contributed by atoms with Gasteiger partial charge in [-0.05, 0) is 0 Å². The molecule has 0 unspecified atom stereocenters. The Hall–Kier alpha value is 0.140. The van der Waals surface area contributed by atoms with E-state index in [0.717, 1.165) is 17.5 Å². The quantitative estimate of drug-likeness (QED) is 0.633. The van der Waals surface area contributed by atoms with Crippen LogP contribution >= 0.6 is 35.8 Å². The SMILES string of the molecule is Cl.Clc1cn2c(n1)SCC2. The van der Waals surface area contributed by atoms with Gasteiger partial charge in [0.05, 0.1) is 0 Å². The van der Waals surface area contributed by atoms with Crippen molar-refractivity contribution in [3.05, 3.63) is 11.3 Å². The molecule has 2 rings (SSSR count). The number of nitrogens with zero attached hydrogens (tertiary/aromatic N) is 2. The van der Waals surface area contributed by atoms with Crippen LogP contribution in [0.1, 0.15) is 0 Å². The maximum Gasteiger partial charge on any atom is 0.169 e. The van der Waals surface area contributed by atoms with Gasteiger partial charge < -0.3 is 4.57 Å². The highest BCUT2D eigenvalue weighted by atomic mass is 35.5. The molecule has 0 aliphatic carbocycles. The van der Waals surface area contributed by atoms with Gasteiger partial charge in [-0.2, -0.15) is 0 Å². The second-order valence-electron chi connectivity index (χ2n) is 1.89. The summed E-state index contributed by atoms with van der Waals surface area (Å²) in [6, 6.07) is 0. The van der Waals surface area contributed by atoms with Gasteiger partial charge in [-0.15, -0.1) is 12.4 Å². The summed E-state index contributed by atoms with van der Waals surface area (Å²) < 4.78 is 2.08. The molecule has 0 saturated heterocycles. The van der Waals surface area contributed by atoms with E-state index in [-0.39, 0.29) is 12.4 Å². The number of hydrogen-bond acceptors (Lipinski definition) is 2. The molecule has 0 fully saturated rings. The van der Waals surface area contributed by atoms with Crippen LogP contribution in [0.4, 0.5) is 0 Å². The van der Waals surface area contributed by atoms with E-state index in [1.165, 1.54) is 0 Å². The molecule has 0 aromatic carbocycles. The van der Waals surface area contributed by atoms with Crippen molar-refractivity contribution >= 4 is 35.8 Å². The molecule has 0 amide bonds. The molecule has 2 heterocycles. The molecule has 0 N–H and O–H groups in total. The van der Waals surface area contributed by atoms with E-state index < -0.39 is 0 Å². The molecule has 1 aromatic rings. The van der Waals surface area contributed by atoms with Gasteiger partial charge in [-0.3, -0.25) is 0 Å². The fourth-order valence-corrected chi connectivity index (χ4v) is 2.07. The number of aromatic nitrogens is 2. The van der Waals surface area contributed by atoms with E-state index in [0.29, 0.717) is 5.15 Å². The number of rotatable bonds is 0. The predicted octanol–water partition coefficient (Wildman–Crippen LogP) is 2.06. The number of hydrogen-bond donors (Lipinski definition) is 0. The number of imidazole rings is 1. The minimum atomic E-state index is 0. The van der Waals surface area contributed by atoms with E-state index in [2.05, 4.69) is 9.55 Å². The lowest BCUT2D eigenvalue weighted by Gasteiger charge is -1.86.